The van der Waals surface area contributed by atoms with Crippen molar-refractivity contribution < 1.29 is 17.4 Å². The Bertz CT molecular complexity index is 797. The van der Waals surface area contributed by atoms with E-state index in [2.05, 4.69) is 0 Å². The molecule has 0 spiro atoms. The molecule has 21 heavy (non-hydrogen) atoms. The molecule has 0 heterocycles. The van der Waals surface area contributed by atoms with Crippen molar-refractivity contribution in [2.75, 3.05) is 0 Å². The topological polar surface area (TPSA) is 86.5 Å². The lowest BCUT2D eigenvalue weighted by molar-refractivity contribution is 0.0999. The van der Waals surface area contributed by atoms with Crippen molar-refractivity contribution >= 4 is 16.0 Å². The van der Waals surface area contributed by atoms with Gasteiger partial charge in [0.2, 0.25) is 0 Å². The second kappa shape index (κ2) is 5.57. The van der Waals surface area contributed by atoms with E-state index in [1.165, 1.54) is 24.3 Å². The van der Waals surface area contributed by atoms with Crippen LogP contribution in [0.25, 0.3) is 0 Å². The summed E-state index contributed by atoms with van der Waals surface area (Å²) < 4.78 is 29.6. The highest BCUT2D eigenvalue weighted by Gasteiger charge is 2.20. The second-order valence-corrected chi connectivity index (χ2v) is 6.19. The van der Waals surface area contributed by atoms with Crippen molar-refractivity contribution in [1.82, 2.24) is 0 Å². The van der Waals surface area contributed by atoms with Gasteiger partial charge in [-0.2, -0.15) is 8.42 Å². The van der Waals surface area contributed by atoms with Crippen LogP contribution >= 0.6 is 0 Å². The number of amides is 1. The molecule has 2 aromatic carbocycles. The van der Waals surface area contributed by atoms with E-state index in [1.54, 1.807) is 18.2 Å². The SMILES string of the molecule is Cc1ccc(S(=O)(=O)Oc2ccccc2C(N)=O)cc1C. The first-order valence-electron chi connectivity index (χ1n) is 6.22. The van der Waals surface area contributed by atoms with Gasteiger partial charge in [0.25, 0.3) is 5.91 Å². The van der Waals surface area contributed by atoms with Gasteiger partial charge >= 0.3 is 10.1 Å². The first kappa shape index (κ1) is 15.1. The summed E-state index contributed by atoms with van der Waals surface area (Å²) in [4.78, 5) is 11.3. The molecule has 0 aromatic heterocycles. The monoisotopic (exact) mass is 305 g/mol. The number of benzene rings is 2. The van der Waals surface area contributed by atoms with Crippen LogP contribution in [-0.4, -0.2) is 14.3 Å². The van der Waals surface area contributed by atoms with Crippen molar-refractivity contribution in [1.29, 1.82) is 0 Å². The summed E-state index contributed by atoms with van der Waals surface area (Å²) in [6.07, 6.45) is 0. The smallest absolute Gasteiger partial charge is 0.339 e. The molecule has 0 bridgehead atoms. The van der Waals surface area contributed by atoms with Gasteiger partial charge in [0.05, 0.1) is 5.56 Å². The first-order valence-corrected chi connectivity index (χ1v) is 7.62. The molecule has 110 valence electrons. The Kier molecular flexibility index (Phi) is 3.99. The number of hydrogen-bond donors (Lipinski definition) is 1. The molecule has 0 aliphatic carbocycles. The average Bonchev–Trinajstić information content (AvgIpc) is 2.41. The van der Waals surface area contributed by atoms with Crippen LogP contribution < -0.4 is 9.92 Å². The minimum absolute atomic E-state index is 0.0184. The van der Waals surface area contributed by atoms with E-state index in [0.717, 1.165) is 11.1 Å². The third-order valence-electron chi connectivity index (χ3n) is 3.12. The van der Waals surface area contributed by atoms with E-state index in [1.807, 2.05) is 13.8 Å². The Balaban J connectivity index is 2.42. The van der Waals surface area contributed by atoms with Crippen molar-refractivity contribution in [3.63, 3.8) is 0 Å². The minimum Gasteiger partial charge on any atom is -0.378 e. The van der Waals surface area contributed by atoms with Crippen LogP contribution in [0.3, 0.4) is 0 Å². The molecule has 5 nitrogen and oxygen atoms in total. The van der Waals surface area contributed by atoms with E-state index in [9.17, 15) is 13.2 Å². The fourth-order valence-corrected chi connectivity index (χ4v) is 2.81. The lowest BCUT2D eigenvalue weighted by Gasteiger charge is -2.10. The Morgan fingerprint density at radius 1 is 1.05 bits per heavy atom. The van der Waals surface area contributed by atoms with Gasteiger partial charge < -0.3 is 9.92 Å². The lowest BCUT2D eigenvalue weighted by Crippen LogP contribution is -2.16. The van der Waals surface area contributed by atoms with Crippen LogP contribution in [0.2, 0.25) is 0 Å². The van der Waals surface area contributed by atoms with E-state index in [4.69, 9.17) is 9.92 Å². The number of carbonyl (C=O) groups is 1. The van der Waals surface area contributed by atoms with E-state index >= 15 is 0 Å². The molecule has 1 amide bonds. The number of rotatable bonds is 4. The van der Waals surface area contributed by atoms with Crippen LogP contribution in [0.4, 0.5) is 0 Å². The molecule has 2 aromatic rings. The van der Waals surface area contributed by atoms with Gasteiger partial charge in [-0.3, -0.25) is 4.79 Å². The number of carbonyl (C=O) groups excluding carboxylic acids is 1. The number of para-hydroxylation sites is 1. The summed E-state index contributed by atoms with van der Waals surface area (Å²) in [5, 5.41) is 0. The van der Waals surface area contributed by atoms with Gasteiger partial charge in [0, 0.05) is 0 Å². The summed E-state index contributed by atoms with van der Waals surface area (Å²) in [6, 6.07) is 10.6. The normalized spacial score (nSPS) is 11.1. The first-order chi connectivity index (χ1) is 9.81. The zero-order valence-corrected chi connectivity index (χ0v) is 12.5. The molecule has 0 saturated heterocycles. The molecule has 2 N–H and O–H groups in total. The highest BCUT2D eigenvalue weighted by molar-refractivity contribution is 7.87. The van der Waals surface area contributed by atoms with E-state index in [-0.39, 0.29) is 16.2 Å². The molecule has 2 rings (SSSR count). The van der Waals surface area contributed by atoms with Crippen molar-refractivity contribution in [2.45, 2.75) is 18.7 Å². The lowest BCUT2D eigenvalue weighted by atomic mass is 10.1. The maximum atomic E-state index is 12.3. The van der Waals surface area contributed by atoms with E-state index < -0.39 is 16.0 Å². The molecule has 0 aliphatic heterocycles. The summed E-state index contributed by atoms with van der Waals surface area (Å²) in [6.45, 7) is 3.70. The van der Waals surface area contributed by atoms with Gasteiger partial charge in [0.1, 0.15) is 4.90 Å². The summed E-state index contributed by atoms with van der Waals surface area (Å²) in [5.74, 6) is -0.830. The minimum atomic E-state index is -4.02. The fraction of sp³-hybridized carbons (Fsp3) is 0.133. The molecule has 0 unspecified atom stereocenters. The number of primary amides is 1. The molecular formula is C15H15NO4S. The predicted octanol–water partition coefficient (Wildman–Crippen LogP) is 2.17. The molecule has 0 atom stereocenters. The van der Waals surface area contributed by atoms with Crippen molar-refractivity contribution in [2.24, 2.45) is 5.73 Å². The third kappa shape index (κ3) is 3.22. The molecule has 6 heteroatoms. The van der Waals surface area contributed by atoms with Gasteiger partial charge in [0.15, 0.2) is 5.75 Å². The summed E-state index contributed by atoms with van der Waals surface area (Å²) >= 11 is 0. The molecular weight excluding hydrogens is 290 g/mol. The van der Waals surface area contributed by atoms with E-state index in [0.29, 0.717) is 0 Å². The third-order valence-corrected chi connectivity index (χ3v) is 4.35. The fourth-order valence-electron chi connectivity index (χ4n) is 1.78. The maximum Gasteiger partial charge on any atom is 0.339 e. The number of hydrogen-bond acceptors (Lipinski definition) is 4. The Morgan fingerprint density at radius 2 is 1.71 bits per heavy atom. The molecule has 0 saturated carbocycles. The van der Waals surface area contributed by atoms with Crippen LogP contribution in [0, 0.1) is 13.8 Å². The standard InChI is InChI=1S/C15H15NO4S/c1-10-7-8-12(9-11(10)2)21(18,19)20-14-6-4-3-5-13(14)15(16)17/h3-9H,1-2H3,(H2,16,17). The Labute approximate surface area is 123 Å². The highest BCUT2D eigenvalue weighted by atomic mass is 32.2. The maximum absolute atomic E-state index is 12.3. The van der Waals surface area contributed by atoms with Gasteiger partial charge in [-0.15, -0.1) is 0 Å². The Hall–Kier alpha value is -2.34. The number of aryl methyl sites for hydroxylation is 2. The Morgan fingerprint density at radius 3 is 2.33 bits per heavy atom. The zero-order valence-electron chi connectivity index (χ0n) is 11.7. The van der Waals surface area contributed by atoms with Crippen LogP contribution in [0.1, 0.15) is 21.5 Å². The van der Waals surface area contributed by atoms with Gasteiger partial charge in [-0.1, -0.05) is 18.2 Å². The van der Waals surface area contributed by atoms with Crippen molar-refractivity contribution in [3.8, 4) is 5.75 Å². The summed E-state index contributed by atoms with van der Waals surface area (Å²) in [7, 11) is -4.02. The largest absolute Gasteiger partial charge is 0.378 e. The van der Waals surface area contributed by atoms with Gasteiger partial charge in [-0.05, 0) is 49.2 Å². The van der Waals surface area contributed by atoms with Crippen LogP contribution in [0.15, 0.2) is 47.4 Å². The predicted molar refractivity (Wildman–Crippen MR) is 78.7 cm³/mol. The molecule has 0 radical (unpaired) electrons. The van der Waals surface area contributed by atoms with Crippen molar-refractivity contribution in [3.05, 3.63) is 59.2 Å². The second-order valence-electron chi connectivity index (χ2n) is 4.64. The molecule has 0 aliphatic rings. The van der Waals surface area contributed by atoms with Crippen LogP contribution in [-0.2, 0) is 10.1 Å². The molecule has 0 fully saturated rings. The number of nitrogens with two attached hydrogens (primary N) is 1. The van der Waals surface area contributed by atoms with Crippen LogP contribution in [0.5, 0.6) is 5.75 Å². The average molecular weight is 305 g/mol. The highest BCUT2D eigenvalue weighted by Crippen LogP contribution is 2.23. The quantitative estimate of drug-likeness (QED) is 0.877. The zero-order chi connectivity index (χ0) is 15.6. The van der Waals surface area contributed by atoms with Gasteiger partial charge in [-0.25, -0.2) is 0 Å². The summed E-state index contributed by atoms with van der Waals surface area (Å²) in [5.41, 5.74) is 7.03.